The van der Waals surface area contributed by atoms with Gasteiger partial charge >= 0.3 is 0 Å². The molecule has 0 saturated heterocycles. The molecule has 1 atom stereocenters. The molecule has 1 aromatic heterocycles. The van der Waals surface area contributed by atoms with Gasteiger partial charge in [-0.15, -0.1) is 0 Å². The zero-order valence-electron chi connectivity index (χ0n) is 13.1. The van der Waals surface area contributed by atoms with Crippen LogP contribution < -0.4 is 5.32 Å². The van der Waals surface area contributed by atoms with Crippen molar-refractivity contribution < 1.29 is 4.79 Å². The molecule has 0 radical (unpaired) electrons. The highest BCUT2D eigenvalue weighted by molar-refractivity contribution is 9.10. The van der Waals surface area contributed by atoms with Gasteiger partial charge in [-0.3, -0.25) is 4.79 Å². The standard InChI is InChI=1S/C19H16BrN3O/c1-14(15-7-3-2-4-8-15)22-19(24)16(13-21)9-5-10-17-11-6-12-18(20)23-17/h2-12,14H,1H3,(H,22,24)/t14-/m0/s1. The van der Waals surface area contributed by atoms with Gasteiger partial charge < -0.3 is 5.32 Å². The molecule has 0 unspecified atom stereocenters. The molecular weight excluding hydrogens is 366 g/mol. The van der Waals surface area contributed by atoms with Crippen molar-refractivity contribution in [3.63, 3.8) is 0 Å². The van der Waals surface area contributed by atoms with Gasteiger partial charge in [-0.1, -0.05) is 42.5 Å². The van der Waals surface area contributed by atoms with Gasteiger partial charge in [-0.25, -0.2) is 4.98 Å². The van der Waals surface area contributed by atoms with Crippen molar-refractivity contribution in [2.45, 2.75) is 13.0 Å². The Morgan fingerprint density at radius 3 is 2.67 bits per heavy atom. The summed E-state index contributed by atoms with van der Waals surface area (Å²) in [4.78, 5) is 16.4. The summed E-state index contributed by atoms with van der Waals surface area (Å²) >= 11 is 3.29. The number of carbonyl (C=O) groups is 1. The fraction of sp³-hybridized carbons (Fsp3) is 0.105. The molecule has 0 aliphatic heterocycles. The lowest BCUT2D eigenvalue weighted by molar-refractivity contribution is -0.117. The van der Waals surface area contributed by atoms with Crippen molar-refractivity contribution in [3.05, 3.63) is 82.1 Å². The first-order valence-electron chi connectivity index (χ1n) is 7.37. The summed E-state index contributed by atoms with van der Waals surface area (Å²) in [5.74, 6) is -0.402. The number of rotatable bonds is 5. The highest BCUT2D eigenvalue weighted by atomic mass is 79.9. The molecule has 0 bridgehead atoms. The highest BCUT2D eigenvalue weighted by Gasteiger charge is 2.12. The first-order chi connectivity index (χ1) is 11.6. The molecule has 24 heavy (non-hydrogen) atoms. The molecular formula is C19H16BrN3O. The summed E-state index contributed by atoms with van der Waals surface area (Å²) in [5.41, 5.74) is 1.76. The number of nitrogens with one attached hydrogen (secondary N) is 1. The Morgan fingerprint density at radius 1 is 1.25 bits per heavy atom. The minimum Gasteiger partial charge on any atom is -0.345 e. The average Bonchev–Trinajstić information content (AvgIpc) is 2.59. The number of halogens is 1. The fourth-order valence-corrected chi connectivity index (χ4v) is 2.38. The summed E-state index contributed by atoms with van der Waals surface area (Å²) in [6, 6.07) is 16.9. The Hall–Kier alpha value is -2.71. The molecule has 2 rings (SSSR count). The molecule has 1 heterocycles. The Bertz CT molecular complexity index is 807. The Labute approximate surface area is 149 Å². The van der Waals surface area contributed by atoms with Gasteiger partial charge in [0.2, 0.25) is 0 Å². The molecule has 0 spiro atoms. The number of hydrogen-bond donors (Lipinski definition) is 1. The predicted molar refractivity (Wildman–Crippen MR) is 97.7 cm³/mol. The monoisotopic (exact) mass is 381 g/mol. The maximum Gasteiger partial charge on any atom is 0.262 e. The average molecular weight is 382 g/mol. The van der Waals surface area contributed by atoms with Gasteiger partial charge in [0.15, 0.2) is 0 Å². The second-order valence-electron chi connectivity index (χ2n) is 5.04. The first-order valence-corrected chi connectivity index (χ1v) is 8.16. The number of nitriles is 1. The zero-order valence-corrected chi connectivity index (χ0v) is 14.7. The second kappa shape index (κ2) is 8.80. The lowest BCUT2D eigenvalue weighted by atomic mass is 10.1. The van der Waals surface area contributed by atoms with Crippen LogP contribution in [-0.4, -0.2) is 10.9 Å². The second-order valence-corrected chi connectivity index (χ2v) is 5.85. The smallest absolute Gasteiger partial charge is 0.262 e. The van der Waals surface area contributed by atoms with Crippen LogP contribution in [0, 0.1) is 11.3 Å². The van der Waals surface area contributed by atoms with Crippen LogP contribution in [0.3, 0.4) is 0 Å². The Balaban J connectivity index is 2.04. The number of carbonyl (C=O) groups excluding carboxylic acids is 1. The van der Waals surface area contributed by atoms with Gasteiger partial charge in [0.1, 0.15) is 16.2 Å². The van der Waals surface area contributed by atoms with Crippen LogP contribution in [0.15, 0.2) is 70.9 Å². The quantitative estimate of drug-likeness (QED) is 0.365. The van der Waals surface area contributed by atoms with E-state index in [0.29, 0.717) is 0 Å². The third-order valence-corrected chi connectivity index (χ3v) is 3.72. The van der Waals surface area contributed by atoms with Crippen molar-refractivity contribution in [1.29, 1.82) is 5.26 Å². The third kappa shape index (κ3) is 5.18. The van der Waals surface area contributed by atoms with E-state index >= 15 is 0 Å². The number of nitrogens with zero attached hydrogens (tertiary/aromatic N) is 2. The van der Waals surface area contributed by atoms with Crippen molar-refractivity contribution in [2.75, 3.05) is 0 Å². The number of allylic oxidation sites excluding steroid dienone is 2. The molecule has 2 aromatic rings. The van der Waals surface area contributed by atoms with E-state index in [2.05, 4.69) is 26.2 Å². The minimum atomic E-state index is -0.402. The number of pyridine rings is 1. The molecule has 0 fully saturated rings. The molecule has 1 amide bonds. The molecule has 1 N–H and O–H groups in total. The summed E-state index contributed by atoms with van der Waals surface area (Å²) in [6.45, 7) is 1.88. The van der Waals surface area contributed by atoms with Crippen LogP contribution in [0.1, 0.15) is 24.2 Å². The van der Waals surface area contributed by atoms with E-state index < -0.39 is 5.91 Å². The fourth-order valence-electron chi connectivity index (χ4n) is 2.02. The maximum absolute atomic E-state index is 12.2. The van der Waals surface area contributed by atoms with E-state index in [9.17, 15) is 10.1 Å². The first kappa shape index (κ1) is 17.6. The van der Waals surface area contributed by atoms with Crippen LogP contribution >= 0.6 is 15.9 Å². The number of benzene rings is 1. The Kier molecular flexibility index (Phi) is 6.47. The van der Waals surface area contributed by atoms with Crippen molar-refractivity contribution in [1.82, 2.24) is 10.3 Å². The lowest BCUT2D eigenvalue weighted by Gasteiger charge is -2.13. The van der Waals surface area contributed by atoms with Gasteiger partial charge in [-0.2, -0.15) is 5.26 Å². The summed E-state index contributed by atoms with van der Waals surface area (Å²) in [6.07, 6.45) is 4.85. The van der Waals surface area contributed by atoms with E-state index in [0.717, 1.165) is 15.9 Å². The molecule has 5 heteroatoms. The molecule has 4 nitrogen and oxygen atoms in total. The normalized spacial score (nSPS) is 12.6. The number of hydrogen-bond acceptors (Lipinski definition) is 3. The lowest BCUT2D eigenvalue weighted by Crippen LogP contribution is -2.27. The predicted octanol–water partition coefficient (Wildman–Crippen LogP) is 4.18. The van der Waals surface area contributed by atoms with E-state index in [1.165, 1.54) is 6.08 Å². The van der Waals surface area contributed by atoms with Crippen LogP contribution in [0.5, 0.6) is 0 Å². The summed E-state index contributed by atoms with van der Waals surface area (Å²) in [5, 5.41) is 12.0. The van der Waals surface area contributed by atoms with Gasteiger partial charge in [-0.05, 0) is 52.7 Å². The van der Waals surface area contributed by atoms with Crippen molar-refractivity contribution >= 4 is 27.9 Å². The minimum absolute atomic E-state index is 0.0454. The third-order valence-electron chi connectivity index (χ3n) is 3.28. The highest BCUT2D eigenvalue weighted by Crippen LogP contribution is 2.12. The van der Waals surface area contributed by atoms with Crippen LogP contribution in [-0.2, 0) is 4.79 Å². The largest absolute Gasteiger partial charge is 0.345 e. The summed E-state index contributed by atoms with van der Waals surface area (Å²) < 4.78 is 0.726. The van der Waals surface area contributed by atoms with E-state index in [1.807, 2.05) is 61.5 Å². The SMILES string of the molecule is C[C@H](NC(=O)C(C#N)=CC=Cc1cccc(Br)n1)c1ccccc1. The van der Waals surface area contributed by atoms with E-state index in [1.54, 1.807) is 12.2 Å². The number of aromatic nitrogens is 1. The van der Waals surface area contributed by atoms with Crippen molar-refractivity contribution in [2.24, 2.45) is 0 Å². The van der Waals surface area contributed by atoms with Crippen LogP contribution in [0.25, 0.3) is 6.08 Å². The molecule has 0 aliphatic carbocycles. The number of amides is 1. The zero-order chi connectivity index (χ0) is 17.4. The Morgan fingerprint density at radius 2 is 2.00 bits per heavy atom. The van der Waals surface area contributed by atoms with Crippen LogP contribution in [0.2, 0.25) is 0 Å². The maximum atomic E-state index is 12.2. The van der Waals surface area contributed by atoms with Gasteiger partial charge in [0.05, 0.1) is 11.7 Å². The molecule has 0 aliphatic rings. The van der Waals surface area contributed by atoms with Crippen molar-refractivity contribution in [3.8, 4) is 6.07 Å². The van der Waals surface area contributed by atoms with Gasteiger partial charge in [0.25, 0.3) is 5.91 Å². The topological polar surface area (TPSA) is 65.8 Å². The molecule has 120 valence electrons. The molecule has 0 saturated carbocycles. The summed E-state index contributed by atoms with van der Waals surface area (Å²) in [7, 11) is 0. The van der Waals surface area contributed by atoms with Crippen LogP contribution in [0.4, 0.5) is 0 Å². The van der Waals surface area contributed by atoms with E-state index in [4.69, 9.17) is 0 Å². The molecule has 1 aromatic carbocycles. The van der Waals surface area contributed by atoms with E-state index in [-0.39, 0.29) is 11.6 Å². The van der Waals surface area contributed by atoms with Gasteiger partial charge in [0, 0.05) is 0 Å².